The highest BCUT2D eigenvalue weighted by Gasteiger charge is 2.18. The van der Waals surface area contributed by atoms with Crippen molar-refractivity contribution < 1.29 is 13.6 Å². The summed E-state index contributed by atoms with van der Waals surface area (Å²) in [6.45, 7) is 1.77. The number of rotatable bonds is 4. The summed E-state index contributed by atoms with van der Waals surface area (Å²) in [5.74, 6) is -2.06. The smallest absolute Gasteiger partial charge is 0.256 e. The SMILES string of the molecule is Cc1cc(C(=O)N(C)CCC(N)=S)c(F)cc1F. The number of hydrogen-bond acceptors (Lipinski definition) is 2. The van der Waals surface area contributed by atoms with Crippen molar-refractivity contribution in [2.24, 2.45) is 5.73 Å². The van der Waals surface area contributed by atoms with Crippen LogP contribution in [0.5, 0.6) is 0 Å². The fraction of sp³-hybridized carbons (Fsp3) is 0.333. The average Bonchev–Trinajstić information content (AvgIpc) is 2.29. The third-order valence-electron chi connectivity index (χ3n) is 2.52. The standard InChI is InChI=1S/C12H14F2N2OS/c1-7-5-8(10(14)6-9(7)13)12(17)16(2)4-3-11(15)18/h5-6H,3-4H2,1-2H3,(H2,15,18). The minimum Gasteiger partial charge on any atom is -0.393 e. The topological polar surface area (TPSA) is 46.3 Å². The second-order valence-corrected chi connectivity index (χ2v) is 4.55. The van der Waals surface area contributed by atoms with E-state index >= 15 is 0 Å². The Morgan fingerprint density at radius 2 is 2.00 bits per heavy atom. The van der Waals surface area contributed by atoms with Gasteiger partial charge in [-0.15, -0.1) is 0 Å². The molecule has 98 valence electrons. The number of amides is 1. The van der Waals surface area contributed by atoms with Crippen molar-refractivity contribution in [1.82, 2.24) is 4.90 Å². The van der Waals surface area contributed by atoms with Crippen molar-refractivity contribution in [1.29, 1.82) is 0 Å². The minimum absolute atomic E-state index is 0.153. The fourth-order valence-corrected chi connectivity index (χ4v) is 1.50. The van der Waals surface area contributed by atoms with Crippen LogP contribution in [0.4, 0.5) is 8.78 Å². The normalized spacial score (nSPS) is 10.2. The van der Waals surface area contributed by atoms with Gasteiger partial charge in [-0.25, -0.2) is 8.78 Å². The van der Waals surface area contributed by atoms with Crippen LogP contribution in [0, 0.1) is 18.6 Å². The number of thiocarbonyl (C=S) groups is 1. The monoisotopic (exact) mass is 272 g/mol. The first-order chi connectivity index (χ1) is 8.32. The molecular weight excluding hydrogens is 258 g/mol. The lowest BCUT2D eigenvalue weighted by molar-refractivity contribution is 0.0794. The molecule has 0 heterocycles. The molecule has 3 nitrogen and oxygen atoms in total. The van der Waals surface area contributed by atoms with Crippen LogP contribution in [0.1, 0.15) is 22.3 Å². The Kier molecular flexibility index (Phi) is 4.72. The Balaban J connectivity index is 2.90. The maximum atomic E-state index is 13.5. The summed E-state index contributed by atoms with van der Waals surface area (Å²) >= 11 is 4.70. The summed E-state index contributed by atoms with van der Waals surface area (Å²) < 4.78 is 26.6. The van der Waals surface area contributed by atoms with E-state index in [1.165, 1.54) is 24.9 Å². The van der Waals surface area contributed by atoms with E-state index in [0.29, 0.717) is 19.0 Å². The Bertz CT molecular complexity index is 491. The van der Waals surface area contributed by atoms with E-state index in [1.54, 1.807) is 0 Å². The largest absolute Gasteiger partial charge is 0.393 e. The summed E-state index contributed by atoms with van der Waals surface area (Å²) in [6.07, 6.45) is 0.360. The molecular formula is C12H14F2N2OS. The van der Waals surface area contributed by atoms with Gasteiger partial charge in [0, 0.05) is 26.1 Å². The lowest BCUT2D eigenvalue weighted by Gasteiger charge is -2.17. The quantitative estimate of drug-likeness (QED) is 0.853. The van der Waals surface area contributed by atoms with Crippen molar-refractivity contribution >= 4 is 23.1 Å². The zero-order chi connectivity index (χ0) is 13.9. The van der Waals surface area contributed by atoms with E-state index in [0.717, 1.165) is 0 Å². The molecule has 0 atom stereocenters. The lowest BCUT2D eigenvalue weighted by Crippen LogP contribution is -2.30. The van der Waals surface area contributed by atoms with Gasteiger partial charge in [0.2, 0.25) is 0 Å². The van der Waals surface area contributed by atoms with Crippen LogP contribution in [0.15, 0.2) is 12.1 Å². The van der Waals surface area contributed by atoms with Crippen molar-refractivity contribution in [2.45, 2.75) is 13.3 Å². The summed E-state index contributed by atoms with van der Waals surface area (Å²) in [6, 6.07) is 1.91. The third kappa shape index (κ3) is 3.46. The summed E-state index contributed by atoms with van der Waals surface area (Å²) in [7, 11) is 1.51. The van der Waals surface area contributed by atoms with Crippen LogP contribution in [-0.4, -0.2) is 29.4 Å². The van der Waals surface area contributed by atoms with Gasteiger partial charge in [0.15, 0.2) is 0 Å². The predicted octanol–water partition coefficient (Wildman–Crippen LogP) is 2.02. The molecule has 0 saturated heterocycles. The second kappa shape index (κ2) is 5.86. The van der Waals surface area contributed by atoms with Gasteiger partial charge in [0.1, 0.15) is 11.6 Å². The van der Waals surface area contributed by atoms with Gasteiger partial charge in [-0.1, -0.05) is 12.2 Å². The van der Waals surface area contributed by atoms with Gasteiger partial charge in [0.25, 0.3) is 5.91 Å². The van der Waals surface area contributed by atoms with Crippen molar-refractivity contribution in [3.63, 3.8) is 0 Å². The van der Waals surface area contributed by atoms with Crippen LogP contribution in [-0.2, 0) is 0 Å². The molecule has 0 aliphatic heterocycles. The van der Waals surface area contributed by atoms with Crippen LogP contribution in [0.3, 0.4) is 0 Å². The molecule has 1 aromatic carbocycles. The van der Waals surface area contributed by atoms with Crippen molar-refractivity contribution in [3.8, 4) is 0 Å². The number of halogens is 2. The maximum absolute atomic E-state index is 13.5. The number of hydrogen-bond donors (Lipinski definition) is 1. The van der Waals surface area contributed by atoms with Gasteiger partial charge in [-0.2, -0.15) is 0 Å². The molecule has 1 aromatic rings. The van der Waals surface area contributed by atoms with Crippen LogP contribution in [0.2, 0.25) is 0 Å². The first-order valence-electron chi connectivity index (χ1n) is 5.32. The third-order valence-corrected chi connectivity index (χ3v) is 2.72. The second-order valence-electron chi connectivity index (χ2n) is 4.02. The van der Waals surface area contributed by atoms with Gasteiger partial charge >= 0.3 is 0 Å². The first-order valence-corrected chi connectivity index (χ1v) is 5.73. The molecule has 1 amide bonds. The van der Waals surface area contributed by atoms with Gasteiger partial charge < -0.3 is 10.6 Å². The zero-order valence-corrected chi connectivity index (χ0v) is 11.0. The molecule has 0 unspecified atom stereocenters. The number of benzene rings is 1. The number of carbonyl (C=O) groups is 1. The molecule has 0 aromatic heterocycles. The average molecular weight is 272 g/mol. The Morgan fingerprint density at radius 3 is 2.56 bits per heavy atom. The predicted molar refractivity (Wildman–Crippen MR) is 69.5 cm³/mol. The number of carbonyl (C=O) groups excluding carboxylic acids is 1. The van der Waals surface area contributed by atoms with Gasteiger partial charge in [-0.3, -0.25) is 4.79 Å². The van der Waals surface area contributed by atoms with E-state index in [-0.39, 0.29) is 16.1 Å². The Morgan fingerprint density at radius 1 is 1.39 bits per heavy atom. The summed E-state index contributed by atoms with van der Waals surface area (Å²) in [5.41, 5.74) is 5.39. The lowest BCUT2D eigenvalue weighted by atomic mass is 10.1. The Hall–Kier alpha value is -1.56. The molecule has 6 heteroatoms. The molecule has 0 saturated carbocycles. The summed E-state index contributed by atoms with van der Waals surface area (Å²) in [5, 5.41) is 0. The highest BCUT2D eigenvalue weighted by molar-refractivity contribution is 7.80. The molecule has 0 fully saturated rings. The van der Waals surface area contributed by atoms with E-state index in [4.69, 9.17) is 18.0 Å². The van der Waals surface area contributed by atoms with Crippen molar-refractivity contribution in [3.05, 3.63) is 34.9 Å². The van der Waals surface area contributed by atoms with E-state index < -0.39 is 17.5 Å². The van der Waals surface area contributed by atoms with Crippen LogP contribution < -0.4 is 5.73 Å². The first kappa shape index (κ1) is 14.5. The highest BCUT2D eigenvalue weighted by Crippen LogP contribution is 2.15. The number of nitrogens with zero attached hydrogens (tertiary/aromatic N) is 1. The van der Waals surface area contributed by atoms with Crippen LogP contribution >= 0.6 is 12.2 Å². The molecule has 18 heavy (non-hydrogen) atoms. The summed E-state index contributed by atoms with van der Waals surface area (Å²) in [4.78, 5) is 13.5. The molecule has 2 N–H and O–H groups in total. The van der Waals surface area contributed by atoms with E-state index in [9.17, 15) is 13.6 Å². The molecule has 0 radical (unpaired) electrons. The molecule has 0 aliphatic carbocycles. The van der Waals surface area contributed by atoms with Gasteiger partial charge in [0.05, 0.1) is 10.6 Å². The minimum atomic E-state index is -0.870. The van der Waals surface area contributed by atoms with E-state index in [1.807, 2.05) is 0 Å². The number of nitrogens with two attached hydrogens (primary N) is 1. The molecule has 1 rings (SSSR count). The zero-order valence-electron chi connectivity index (χ0n) is 10.2. The highest BCUT2D eigenvalue weighted by atomic mass is 32.1. The Labute approximate surface area is 110 Å². The van der Waals surface area contributed by atoms with Gasteiger partial charge in [-0.05, 0) is 18.6 Å². The van der Waals surface area contributed by atoms with E-state index in [2.05, 4.69) is 0 Å². The number of aryl methyl sites for hydroxylation is 1. The fourth-order valence-electron chi connectivity index (χ4n) is 1.41. The van der Waals surface area contributed by atoms with Crippen LogP contribution in [0.25, 0.3) is 0 Å². The van der Waals surface area contributed by atoms with Crippen molar-refractivity contribution in [2.75, 3.05) is 13.6 Å². The molecule has 0 bridgehead atoms. The molecule has 0 aliphatic rings. The maximum Gasteiger partial charge on any atom is 0.256 e. The molecule has 0 spiro atoms.